The van der Waals surface area contributed by atoms with Crippen LogP contribution in [0.25, 0.3) is 0 Å². The number of rotatable bonds is 3. The molecule has 0 bridgehead atoms. The van der Waals surface area contributed by atoms with Gasteiger partial charge in [-0.05, 0) is 58.8 Å². The quantitative estimate of drug-likeness (QED) is 0.837. The summed E-state index contributed by atoms with van der Waals surface area (Å²) in [5.74, 6) is 1.47. The zero-order valence-corrected chi connectivity index (χ0v) is 13.1. The topological polar surface area (TPSA) is 21.1 Å². The number of aryl methyl sites for hydroxylation is 1. The van der Waals surface area contributed by atoms with Gasteiger partial charge in [-0.15, -0.1) is 0 Å². The minimum Gasteiger partial charge on any atom is -0.306 e. The molecule has 1 saturated carbocycles. The van der Waals surface area contributed by atoms with Gasteiger partial charge in [0.05, 0.1) is 5.69 Å². The van der Waals surface area contributed by atoms with Crippen LogP contribution in [-0.2, 0) is 6.54 Å². The Morgan fingerprint density at radius 2 is 1.75 bits per heavy atom. The van der Waals surface area contributed by atoms with E-state index in [2.05, 4.69) is 29.6 Å². The zero-order valence-electron chi connectivity index (χ0n) is 13.1. The maximum Gasteiger partial charge on any atom is 0.0658 e. The van der Waals surface area contributed by atoms with Crippen molar-refractivity contribution >= 4 is 0 Å². The van der Waals surface area contributed by atoms with Crippen molar-refractivity contribution in [2.24, 2.45) is 0 Å². The predicted octanol–water partition coefficient (Wildman–Crippen LogP) is 3.76. The minimum absolute atomic E-state index is 0.732. The van der Waals surface area contributed by atoms with Crippen molar-refractivity contribution in [2.45, 2.75) is 70.3 Å². The van der Waals surface area contributed by atoms with Gasteiger partial charge < -0.3 is 4.90 Å². The fourth-order valence-corrected chi connectivity index (χ4v) is 3.94. The fourth-order valence-electron chi connectivity index (χ4n) is 3.94. The summed E-state index contributed by atoms with van der Waals surface area (Å²) in [6.45, 7) is 5.72. The maximum atomic E-state index is 4.95. The summed E-state index contributed by atoms with van der Waals surface area (Å²) in [7, 11) is 2.24. The van der Waals surface area contributed by atoms with E-state index in [1.807, 2.05) is 0 Å². The first-order valence-corrected chi connectivity index (χ1v) is 8.54. The molecule has 3 heteroatoms. The van der Waals surface area contributed by atoms with Crippen molar-refractivity contribution in [3.63, 3.8) is 0 Å². The van der Waals surface area contributed by atoms with E-state index in [-0.39, 0.29) is 0 Å². The van der Waals surface area contributed by atoms with E-state index >= 15 is 0 Å². The molecule has 2 heterocycles. The molecule has 3 rings (SSSR count). The molecule has 20 heavy (non-hydrogen) atoms. The highest BCUT2D eigenvalue weighted by Gasteiger charge is 2.25. The highest BCUT2D eigenvalue weighted by molar-refractivity contribution is 5.19. The van der Waals surface area contributed by atoms with E-state index < -0.39 is 0 Å². The van der Waals surface area contributed by atoms with Gasteiger partial charge in [-0.3, -0.25) is 4.68 Å². The summed E-state index contributed by atoms with van der Waals surface area (Å²) in [4.78, 5) is 2.45. The van der Waals surface area contributed by atoms with Crippen LogP contribution >= 0.6 is 0 Å². The number of nitrogens with zero attached hydrogens (tertiary/aromatic N) is 3. The van der Waals surface area contributed by atoms with Crippen molar-refractivity contribution in [2.75, 3.05) is 20.1 Å². The van der Waals surface area contributed by atoms with Crippen LogP contribution in [0.2, 0.25) is 0 Å². The number of aromatic nitrogens is 2. The molecule has 1 aliphatic heterocycles. The summed E-state index contributed by atoms with van der Waals surface area (Å²) in [5.41, 5.74) is 2.90. The molecular weight excluding hydrogens is 246 g/mol. The van der Waals surface area contributed by atoms with Gasteiger partial charge >= 0.3 is 0 Å². The van der Waals surface area contributed by atoms with Crippen LogP contribution in [0.15, 0.2) is 6.07 Å². The molecule has 112 valence electrons. The van der Waals surface area contributed by atoms with Crippen molar-refractivity contribution in [3.05, 3.63) is 17.5 Å². The van der Waals surface area contributed by atoms with E-state index in [9.17, 15) is 0 Å². The van der Waals surface area contributed by atoms with Gasteiger partial charge in [0.2, 0.25) is 0 Å². The molecule has 0 unspecified atom stereocenters. The average molecular weight is 275 g/mol. The Hall–Kier alpha value is -0.830. The number of hydrogen-bond donors (Lipinski definition) is 0. The Balaban J connectivity index is 1.77. The van der Waals surface area contributed by atoms with E-state index in [0.717, 1.165) is 18.4 Å². The van der Waals surface area contributed by atoms with Crippen LogP contribution < -0.4 is 0 Å². The van der Waals surface area contributed by atoms with Gasteiger partial charge in [0, 0.05) is 24.1 Å². The smallest absolute Gasteiger partial charge is 0.0658 e. The zero-order chi connectivity index (χ0) is 13.9. The second kappa shape index (κ2) is 6.30. The van der Waals surface area contributed by atoms with Crippen molar-refractivity contribution in [1.82, 2.24) is 14.7 Å². The Kier molecular flexibility index (Phi) is 4.45. The summed E-state index contributed by atoms with van der Waals surface area (Å²) in [6.07, 6.45) is 9.52. The summed E-state index contributed by atoms with van der Waals surface area (Å²) >= 11 is 0. The lowest BCUT2D eigenvalue weighted by atomic mass is 9.86. The van der Waals surface area contributed by atoms with Gasteiger partial charge in [-0.1, -0.05) is 19.3 Å². The Labute approximate surface area is 123 Å². The molecule has 2 aliphatic rings. The van der Waals surface area contributed by atoms with Crippen LogP contribution in [0.5, 0.6) is 0 Å². The number of likely N-dealkylation sites (tertiary alicyclic amines) is 1. The van der Waals surface area contributed by atoms with Crippen molar-refractivity contribution in [3.8, 4) is 0 Å². The summed E-state index contributed by atoms with van der Waals surface area (Å²) in [6, 6.07) is 2.45. The molecule has 1 aromatic rings. The third-order valence-electron chi connectivity index (χ3n) is 5.29. The van der Waals surface area contributed by atoms with Crippen molar-refractivity contribution in [1.29, 1.82) is 0 Å². The minimum atomic E-state index is 0.732. The second-order valence-electron chi connectivity index (χ2n) is 6.72. The summed E-state index contributed by atoms with van der Waals surface area (Å²) < 4.78 is 2.29. The molecule has 1 aromatic heterocycles. The Bertz CT molecular complexity index is 423. The first kappa shape index (κ1) is 14.1. The Morgan fingerprint density at radius 1 is 1.05 bits per heavy atom. The highest BCUT2D eigenvalue weighted by atomic mass is 15.3. The lowest BCUT2D eigenvalue weighted by Crippen LogP contribution is -2.30. The highest BCUT2D eigenvalue weighted by Crippen LogP contribution is 2.35. The largest absolute Gasteiger partial charge is 0.306 e. The number of hydrogen-bond acceptors (Lipinski definition) is 2. The van der Waals surface area contributed by atoms with Gasteiger partial charge in [0.1, 0.15) is 0 Å². The van der Waals surface area contributed by atoms with Gasteiger partial charge in [-0.2, -0.15) is 5.10 Å². The first-order valence-electron chi connectivity index (χ1n) is 8.54. The molecule has 0 radical (unpaired) electrons. The number of piperidine rings is 1. The van der Waals surface area contributed by atoms with Gasteiger partial charge in [-0.25, -0.2) is 0 Å². The molecule has 0 spiro atoms. The molecule has 0 amide bonds. The van der Waals surface area contributed by atoms with Crippen LogP contribution in [0, 0.1) is 0 Å². The third kappa shape index (κ3) is 2.93. The van der Waals surface area contributed by atoms with Crippen LogP contribution in [0.1, 0.15) is 75.1 Å². The van der Waals surface area contributed by atoms with Crippen LogP contribution in [-0.4, -0.2) is 34.8 Å². The van der Waals surface area contributed by atoms with E-state index in [1.165, 1.54) is 69.4 Å². The lowest BCUT2D eigenvalue weighted by Gasteiger charge is -2.29. The summed E-state index contributed by atoms with van der Waals surface area (Å²) in [5, 5.41) is 4.95. The molecule has 0 atom stereocenters. The maximum absolute atomic E-state index is 4.95. The van der Waals surface area contributed by atoms with Gasteiger partial charge in [0.25, 0.3) is 0 Å². The lowest BCUT2D eigenvalue weighted by molar-refractivity contribution is 0.250. The normalized spacial score (nSPS) is 23.3. The van der Waals surface area contributed by atoms with Crippen LogP contribution in [0.4, 0.5) is 0 Å². The SMILES string of the molecule is CCn1nc(C2CCCCC2)cc1C1CCN(C)CC1. The van der Waals surface area contributed by atoms with Crippen molar-refractivity contribution < 1.29 is 0 Å². The molecule has 2 fully saturated rings. The monoisotopic (exact) mass is 275 g/mol. The molecular formula is C17H29N3. The molecule has 0 N–H and O–H groups in total. The molecule has 1 saturated heterocycles. The predicted molar refractivity (Wildman–Crippen MR) is 83.2 cm³/mol. The van der Waals surface area contributed by atoms with Crippen LogP contribution in [0.3, 0.4) is 0 Å². The standard InChI is InChI=1S/C17H29N3/c1-3-20-17(15-9-11-19(2)12-10-15)13-16(18-20)14-7-5-4-6-8-14/h13-15H,3-12H2,1-2H3. The fraction of sp³-hybridized carbons (Fsp3) is 0.824. The van der Waals surface area contributed by atoms with E-state index in [4.69, 9.17) is 5.10 Å². The van der Waals surface area contributed by atoms with E-state index in [1.54, 1.807) is 0 Å². The average Bonchev–Trinajstić information content (AvgIpc) is 2.93. The molecule has 0 aromatic carbocycles. The molecule has 1 aliphatic carbocycles. The second-order valence-corrected chi connectivity index (χ2v) is 6.72. The molecule has 3 nitrogen and oxygen atoms in total. The third-order valence-corrected chi connectivity index (χ3v) is 5.29. The Morgan fingerprint density at radius 3 is 2.40 bits per heavy atom. The first-order chi connectivity index (χ1) is 9.78. The van der Waals surface area contributed by atoms with Gasteiger partial charge in [0.15, 0.2) is 0 Å². The van der Waals surface area contributed by atoms with E-state index in [0.29, 0.717) is 0 Å².